The standard InChI is InChI=1S/C17H14ClFN2S2/c18-14-3-1-2-11(8-20)17(14)13-7-12(19)5-4-10(13)6-16-21-15(22)9-23-16/h1-5,7,9,22H,6,8,20H2. The van der Waals surface area contributed by atoms with Gasteiger partial charge in [0.2, 0.25) is 0 Å². The van der Waals surface area contributed by atoms with Gasteiger partial charge in [0, 0.05) is 28.9 Å². The Morgan fingerprint density at radius 2 is 2.04 bits per heavy atom. The Hall–Kier alpha value is -1.40. The van der Waals surface area contributed by atoms with Gasteiger partial charge < -0.3 is 5.73 Å². The molecule has 0 unspecified atom stereocenters. The third kappa shape index (κ3) is 3.58. The predicted molar refractivity (Wildman–Crippen MR) is 96.9 cm³/mol. The van der Waals surface area contributed by atoms with E-state index in [1.165, 1.54) is 23.5 Å². The molecule has 0 aliphatic carbocycles. The number of thiazole rings is 1. The molecule has 2 aromatic carbocycles. The van der Waals surface area contributed by atoms with Crippen molar-refractivity contribution in [1.82, 2.24) is 4.98 Å². The molecule has 0 fully saturated rings. The van der Waals surface area contributed by atoms with Crippen LogP contribution in [0, 0.1) is 5.82 Å². The second kappa shape index (κ2) is 7.01. The summed E-state index contributed by atoms with van der Waals surface area (Å²) in [5, 5.41) is 4.05. The van der Waals surface area contributed by atoms with E-state index in [1.807, 2.05) is 17.5 Å². The molecular weight excluding hydrogens is 351 g/mol. The molecule has 0 radical (unpaired) electrons. The highest BCUT2D eigenvalue weighted by Gasteiger charge is 2.15. The van der Waals surface area contributed by atoms with Crippen LogP contribution in [-0.4, -0.2) is 4.98 Å². The van der Waals surface area contributed by atoms with Gasteiger partial charge in [0.15, 0.2) is 0 Å². The van der Waals surface area contributed by atoms with Gasteiger partial charge in [0.1, 0.15) is 10.8 Å². The lowest BCUT2D eigenvalue weighted by Gasteiger charge is -2.14. The molecule has 3 aromatic rings. The van der Waals surface area contributed by atoms with Crippen LogP contribution in [0.4, 0.5) is 4.39 Å². The Kier molecular flexibility index (Phi) is 5.02. The van der Waals surface area contributed by atoms with Crippen molar-refractivity contribution >= 4 is 35.6 Å². The van der Waals surface area contributed by atoms with E-state index in [2.05, 4.69) is 17.6 Å². The molecule has 118 valence electrons. The highest BCUT2D eigenvalue weighted by Crippen LogP contribution is 2.35. The van der Waals surface area contributed by atoms with Gasteiger partial charge >= 0.3 is 0 Å². The van der Waals surface area contributed by atoms with Crippen LogP contribution >= 0.6 is 35.6 Å². The van der Waals surface area contributed by atoms with Crippen molar-refractivity contribution in [3.63, 3.8) is 0 Å². The van der Waals surface area contributed by atoms with Crippen LogP contribution in [0.5, 0.6) is 0 Å². The zero-order valence-corrected chi connectivity index (χ0v) is 14.6. The predicted octanol–water partition coefficient (Wildman–Crippen LogP) is 4.94. The van der Waals surface area contributed by atoms with Crippen molar-refractivity contribution < 1.29 is 4.39 Å². The number of thiol groups is 1. The van der Waals surface area contributed by atoms with Crippen LogP contribution in [0.3, 0.4) is 0 Å². The smallest absolute Gasteiger partial charge is 0.123 e. The Balaban J connectivity index is 2.13. The van der Waals surface area contributed by atoms with Gasteiger partial charge in [-0.15, -0.1) is 24.0 Å². The van der Waals surface area contributed by atoms with Gasteiger partial charge in [-0.05, 0) is 34.9 Å². The third-order valence-electron chi connectivity index (χ3n) is 3.54. The second-order valence-electron chi connectivity index (χ2n) is 5.06. The number of nitrogens with zero attached hydrogens (tertiary/aromatic N) is 1. The summed E-state index contributed by atoms with van der Waals surface area (Å²) in [6.45, 7) is 0.337. The van der Waals surface area contributed by atoms with Crippen LogP contribution in [0.2, 0.25) is 5.02 Å². The fraction of sp³-hybridized carbons (Fsp3) is 0.118. The fourth-order valence-electron chi connectivity index (χ4n) is 2.52. The molecule has 2 N–H and O–H groups in total. The minimum Gasteiger partial charge on any atom is -0.326 e. The van der Waals surface area contributed by atoms with Crippen molar-refractivity contribution in [2.45, 2.75) is 18.0 Å². The van der Waals surface area contributed by atoms with Gasteiger partial charge in [0.25, 0.3) is 0 Å². The van der Waals surface area contributed by atoms with Gasteiger partial charge in [-0.1, -0.05) is 29.8 Å². The highest BCUT2D eigenvalue weighted by atomic mass is 35.5. The normalized spacial score (nSPS) is 11.0. The molecule has 0 aliphatic heterocycles. The number of aromatic nitrogens is 1. The number of hydrogen-bond acceptors (Lipinski definition) is 4. The molecule has 2 nitrogen and oxygen atoms in total. The maximum atomic E-state index is 13.8. The lowest BCUT2D eigenvalue weighted by molar-refractivity contribution is 0.627. The quantitative estimate of drug-likeness (QED) is 0.643. The Morgan fingerprint density at radius 1 is 1.22 bits per heavy atom. The first kappa shape index (κ1) is 16.5. The van der Waals surface area contributed by atoms with Crippen molar-refractivity contribution in [2.24, 2.45) is 5.73 Å². The number of hydrogen-bond donors (Lipinski definition) is 2. The number of benzene rings is 2. The molecule has 0 amide bonds. The molecule has 0 saturated carbocycles. The molecule has 3 rings (SSSR count). The van der Waals surface area contributed by atoms with Crippen molar-refractivity contribution in [1.29, 1.82) is 0 Å². The van der Waals surface area contributed by atoms with E-state index in [0.717, 1.165) is 27.3 Å². The first-order valence-corrected chi connectivity index (χ1v) is 8.68. The minimum atomic E-state index is -0.305. The zero-order chi connectivity index (χ0) is 16.4. The van der Waals surface area contributed by atoms with E-state index in [4.69, 9.17) is 17.3 Å². The van der Waals surface area contributed by atoms with E-state index in [-0.39, 0.29) is 5.82 Å². The second-order valence-corrected chi connectivity index (χ2v) is 6.86. The first-order valence-electron chi connectivity index (χ1n) is 6.98. The van der Waals surface area contributed by atoms with Gasteiger partial charge in [-0.25, -0.2) is 9.37 Å². The molecule has 0 spiro atoms. The summed E-state index contributed by atoms with van der Waals surface area (Å²) in [5.74, 6) is -0.305. The Morgan fingerprint density at radius 3 is 2.74 bits per heavy atom. The summed E-state index contributed by atoms with van der Waals surface area (Å²) >= 11 is 12.1. The summed E-state index contributed by atoms with van der Waals surface area (Å²) in [6, 6.07) is 10.3. The average Bonchev–Trinajstić information content (AvgIpc) is 2.94. The van der Waals surface area contributed by atoms with Crippen LogP contribution < -0.4 is 5.73 Å². The molecule has 1 heterocycles. The molecule has 23 heavy (non-hydrogen) atoms. The summed E-state index contributed by atoms with van der Waals surface area (Å²) in [6.07, 6.45) is 0.593. The third-order valence-corrected chi connectivity index (χ3v) is 5.11. The summed E-state index contributed by atoms with van der Waals surface area (Å²) < 4.78 is 13.8. The van der Waals surface area contributed by atoms with Crippen LogP contribution in [0.25, 0.3) is 11.1 Å². The number of rotatable bonds is 4. The lowest BCUT2D eigenvalue weighted by Crippen LogP contribution is -2.02. The molecule has 1 aromatic heterocycles. The van der Waals surface area contributed by atoms with Crippen LogP contribution in [0.15, 0.2) is 46.8 Å². The van der Waals surface area contributed by atoms with Crippen molar-refractivity contribution in [3.8, 4) is 11.1 Å². The maximum Gasteiger partial charge on any atom is 0.123 e. The summed E-state index contributed by atoms with van der Waals surface area (Å²) in [4.78, 5) is 4.36. The van der Waals surface area contributed by atoms with E-state index < -0.39 is 0 Å². The van der Waals surface area contributed by atoms with E-state index in [9.17, 15) is 4.39 Å². The van der Waals surface area contributed by atoms with E-state index in [1.54, 1.807) is 12.1 Å². The number of halogens is 2. The molecule has 0 bridgehead atoms. The Labute approximate surface area is 148 Å². The molecule has 0 atom stereocenters. The average molecular weight is 365 g/mol. The molecule has 0 aliphatic rings. The largest absolute Gasteiger partial charge is 0.326 e. The highest BCUT2D eigenvalue weighted by molar-refractivity contribution is 7.80. The topological polar surface area (TPSA) is 38.9 Å². The summed E-state index contributed by atoms with van der Waals surface area (Å²) in [5.41, 5.74) is 9.21. The van der Waals surface area contributed by atoms with Crippen LogP contribution in [-0.2, 0) is 13.0 Å². The van der Waals surface area contributed by atoms with Gasteiger partial charge in [-0.3, -0.25) is 0 Å². The SMILES string of the molecule is NCc1cccc(Cl)c1-c1cc(F)ccc1Cc1nc(S)cs1. The zero-order valence-electron chi connectivity index (χ0n) is 12.1. The minimum absolute atomic E-state index is 0.305. The molecule has 0 saturated heterocycles. The van der Waals surface area contributed by atoms with E-state index in [0.29, 0.717) is 23.0 Å². The van der Waals surface area contributed by atoms with Crippen molar-refractivity contribution in [3.05, 3.63) is 68.8 Å². The van der Waals surface area contributed by atoms with Crippen molar-refractivity contribution in [2.75, 3.05) is 0 Å². The van der Waals surface area contributed by atoms with Gasteiger partial charge in [-0.2, -0.15) is 0 Å². The lowest BCUT2D eigenvalue weighted by atomic mass is 9.93. The Bertz CT molecular complexity index is 848. The molecular formula is C17H14ClFN2S2. The number of nitrogens with two attached hydrogens (primary N) is 1. The van der Waals surface area contributed by atoms with E-state index >= 15 is 0 Å². The first-order chi connectivity index (χ1) is 11.1. The summed E-state index contributed by atoms with van der Waals surface area (Å²) in [7, 11) is 0. The van der Waals surface area contributed by atoms with Gasteiger partial charge in [0.05, 0.1) is 5.01 Å². The maximum absolute atomic E-state index is 13.8. The molecule has 6 heteroatoms. The van der Waals surface area contributed by atoms with Crippen LogP contribution in [0.1, 0.15) is 16.1 Å². The monoisotopic (exact) mass is 364 g/mol. The fourth-order valence-corrected chi connectivity index (χ4v) is 3.85.